The van der Waals surface area contributed by atoms with Gasteiger partial charge in [0.15, 0.2) is 0 Å². The van der Waals surface area contributed by atoms with Gasteiger partial charge in [-0.2, -0.15) is 0 Å². The van der Waals surface area contributed by atoms with E-state index in [4.69, 9.17) is 4.74 Å². The van der Waals surface area contributed by atoms with Crippen molar-refractivity contribution in [2.24, 2.45) is 0 Å². The lowest BCUT2D eigenvalue weighted by atomic mass is 10.1. The smallest absolute Gasteiger partial charge is 0.273 e. The van der Waals surface area contributed by atoms with Crippen molar-refractivity contribution in [2.45, 2.75) is 24.9 Å². The van der Waals surface area contributed by atoms with Gasteiger partial charge in [0.05, 0.1) is 22.6 Å². The highest BCUT2D eigenvalue weighted by atomic mass is 32.2. The molecule has 40 heavy (non-hydrogen) atoms. The summed E-state index contributed by atoms with van der Waals surface area (Å²) in [7, 11) is -2.89. The molecular weight excluding hydrogens is 530 g/mol. The number of sulfonamides is 1. The minimum absolute atomic E-state index is 0.219. The van der Waals surface area contributed by atoms with Gasteiger partial charge in [0, 0.05) is 24.7 Å². The zero-order chi connectivity index (χ0) is 28.7. The summed E-state index contributed by atoms with van der Waals surface area (Å²) in [6.45, 7) is 1.54. The van der Waals surface area contributed by atoms with Crippen LogP contribution < -0.4 is 9.04 Å². The van der Waals surface area contributed by atoms with Crippen molar-refractivity contribution in [2.75, 3.05) is 18.0 Å². The number of amides is 1. The summed E-state index contributed by atoms with van der Waals surface area (Å²) in [5, 5.41) is 11.5. The third-order valence-electron chi connectivity index (χ3n) is 6.39. The van der Waals surface area contributed by atoms with E-state index in [1.165, 1.54) is 38.3 Å². The normalized spacial score (nSPS) is 11.1. The number of hydrogen-bond acceptors (Lipinski definition) is 6. The zero-order valence-corrected chi connectivity index (χ0v) is 23.0. The van der Waals surface area contributed by atoms with Crippen LogP contribution in [0.25, 0.3) is 0 Å². The van der Waals surface area contributed by atoms with Crippen LogP contribution in [-0.4, -0.2) is 37.8 Å². The van der Waals surface area contributed by atoms with Gasteiger partial charge in [-0.1, -0.05) is 66.7 Å². The van der Waals surface area contributed by atoms with Crippen LogP contribution in [0.5, 0.6) is 5.75 Å². The average Bonchev–Trinajstić information content (AvgIpc) is 2.96. The number of aryl methyl sites for hydroxylation is 1. The number of carbonyl (C=O) groups excluding carboxylic acids is 1. The van der Waals surface area contributed by atoms with E-state index in [0.717, 1.165) is 21.5 Å². The van der Waals surface area contributed by atoms with Gasteiger partial charge >= 0.3 is 0 Å². The number of rotatable bonds is 11. The lowest BCUT2D eigenvalue weighted by molar-refractivity contribution is -0.385. The second-order valence-corrected chi connectivity index (χ2v) is 11.0. The van der Waals surface area contributed by atoms with Crippen molar-refractivity contribution in [1.29, 1.82) is 0 Å². The summed E-state index contributed by atoms with van der Waals surface area (Å²) < 4.78 is 34.1. The molecule has 206 valence electrons. The van der Waals surface area contributed by atoms with E-state index < -0.39 is 27.4 Å². The Kier molecular flexibility index (Phi) is 8.80. The molecule has 0 bridgehead atoms. The predicted molar refractivity (Wildman–Crippen MR) is 152 cm³/mol. The van der Waals surface area contributed by atoms with Crippen molar-refractivity contribution in [3.63, 3.8) is 0 Å². The van der Waals surface area contributed by atoms with Gasteiger partial charge in [0.2, 0.25) is 5.91 Å². The molecule has 10 heteroatoms. The van der Waals surface area contributed by atoms with Crippen molar-refractivity contribution < 1.29 is 22.9 Å². The number of hydrogen-bond donors (Lipinski definition) is 0. The van der Waals surface area contributed by atoms with Gasteiger partial charge in [0.1, 0.15) is 12.3 Å². The Bertz CT molecular complexity index is 1540. The lowest BCUT2D eigenvalue weighted by Gasteiger charge is -2.29. The Morgan fingerprint density at radius 1 is 0.850 bits per heavy atom. The minimum atomic E-state index is -4.38. The molecule has 0 N–H and O–H groups in total. The van der Waals surface area contributed by atoms with Gasteiger partial charge in [-0.05, 0) is 48.4 Å². The molecule has 0 saturated heterocycles. The third kappa shape index (κ3) is 6.65. The number of nitrogens with zero attached hydrogens (tertiary/aromatic N) is 3. The molecule has 9 nitrogen and oxygen atoms in total. The molecule has 0 saturated carbocycles. The summed E-state index contributed by atoms with van der Waals surface area (Å²) in [4.78, 5) is 26.1. The van der Waals surface area contributed by atoms with E-state index in [0.29, 0.717) is 11.3 Å². The molecule has 1 amide bonds. The summed E-state index contributed by atoms with van der Waals surface area (Å²) >= 11 is 0. The molecule has 0 fully saturated rings. The van der Waals surface area contributed by atoms with E-state index in [9.17, 15) is 23.3 Å². The highest BCUT2D eigenvalue weighted by molar-refractivity contribution is 7.92. The van der Waals surface area contributed by atoms with E-state index in [1.54, 1.807) is 17.0 Å². The third-order valence-corrected chi connectivity index (χ3v) is 8.16. The largest absolute Gasteiger partial charge is 0.497 e. The Morgan fingerprint density at radius 3 is 1.90 bits per heavy atom. The molecule has 0 unspecified atom stereocenters. The first kappa shape index (κ1) is 28.3. The van der Waals surface area contributed by atoms with Gasteiger partial charge in [-0.15, -0.1) is 0 Å². The number of ether oxygens (including phenoxy) is 1. The van der Waals surface area contributed by atoms with Crippen LogP contribution in [0.3, 0.4) is 0 Å². The molecule has 4 aromatic carbocycles. The van der Waals surface area contributed by atoms with Crippen LogP contribution in [0, 0.1) is 17.0 Å². The first-order valence-electron chi connectivity index (χ1n) is 12.5. The maximum absolute atomic E-state index is 13.9. The van der Waals surface area contributed by atoms with Crippen molar-refractivity contribution in [3.05, 3.63) is 130 Å². The van der Waals surface area contributed by atoms with Gasteiger partial charge in [0.25, 0.3) is 15.7 Å². The fourth-order valence-electron chi connectivity index (χ4n) is 4.20. The van der Waals surface area contributed by atoms with E-state index in [1.807, 2.05) is 60.7 Å². The van der Waals surface area contributed by atoms with Crippen LogP contribution in [0.2, 0.25) is 0 Å². The Morgan fingerprint density at radius 2 is 1.40 bits per heavy atom. The number of anilines is 1. The number of nitro groups is 1. The number of nitro benzene ring substituents is 1. The molecule has 0 aliphatic carbocycles. The molecule has 0 aromatic heterocycles. The maximum atomic E-state index is 13.9. The standard InChI is InChI=1S/C30H29N3O6S/c1-23-13-18-28(19-29(23)33(35)36)40(37,38)32(26-14-16-27(39-2)17-15-26)22-30(34)31(20-24-9-5-3-6-10-24)21-25-11-7-4-8-12-25/h3-19H,20-22H2,1-2H3. The van der Waals surface area contributed by atoms with Gasteiger partial charge < -0.3 is 9.64 Å². The number of methoxy groups -OCH3 is 1. The molecular formula is C30H29N3O6S. The first-order valence-corrected chi connectivity index (χ1v) is 13.9. The Hall–Kier alpha value is -4.70. The fourth-order valence-corrected chi connectivity index (χ4v) is 5.63. The summed E-state index contributed by atoms with van der Waals surface area (Å²) in [5.41, 5.74) is 2.00. The van der Waals surface area contributed by atoms with Gasteiger partial charge in [-0.25, -0.2) is 8.42 Å². The van der Waals surface area contributed by atoms with Crippen molar-refractivity contribution in [3.8, 4) is 5.75 Å². The number of benzene rings is 4. The van der Waals surface area contributed by atoms with Crippen LogP contribution in [0.15, 0.2) is 108 Å². The minimum Gasteiger partial charge on any atom is -0.497 e. The van der Waals surface area contributed by atoms with Crippen LogP contribution in [0.4, 0.5) is 11.4 Å². The molecule has 4 rings (SSSR count). The van der Waals surface area contributed by atoms with Crippen LogP contribution >= 0.6 is 0 Å². The average molecular weight is 560 g/mol. The molecule has 0 aliphatic heterocycles. The molecule has 0 atom stereocenters. The topological polar surface area (TPSA) is 110 Å². The van der Waals surface area contributed by atoms with E-state index in [-0.39, 0.29) is 29.4 Å². The Labute approximate surface area is 233 Å². The highest BCUT2D eigenvalue weighted by Gasteiger charge is 2.31. The highest BCUT2D eigenvalue weighted by Crippen LogP contribution is 2.29. The summed E-state index contributed by atoms with van der Waals surface area (Å²) in [6, 6.07) is 28.8. The summed E-state index contributed by atoms with van der Waals surface area (Å²) in [5.74, 6) is 0.0712. The molecule has 0 spiro atoms. The zero-order valence-electron chi connectivity index (χ0n) is 22.1. The van der Waals surface area contributed by atoms with Gasteiger partial charge in [-0.3, -0.25) is 19.2 Å². The predicted octanol–water partition coefficient (Wildman–Crippen LogP) is 5.34. The van der Waals surface area contributed by atoms with Crippen LogP contribution in [0.1, 0.15) is 16.7 Å². The van der Waals surface area contributed by atoms with E-state index in [2.05, 4.69) is 0 Å². The maximum Gasteiger partial charge on any atom is 0.273 e. The monoisotopic (exact) mass is 559 g/mol. The molecule has 4 aromatic rings. The molecule has 0 heterocycles. The first-order chi connectivity index (χ1) is 19.2. The SMILES string of the molecule is COc1ccc(N(CC(=O)N(Cc2ccccc2)Cc2ccccc2)S(=O)(=O)c2ccc(C)c([N+](=O)[O-])c2)cc1. The van der Waals surface area contributed by atoms with Crippen LogP contribution in [-0.2, 0) is 27.9 Å². The second-order valence-electron chi connectivity index (χ2n) is 9.14. The quantitative estimate of drug-likeness (QED) is 0.181. The molecule has 0 radical (unpaired) electrons. The van der Waals surface area contributed by atoms with Crippen molar-refractivity contribution in [1.82, 2.24) is 4.90 Å². The lowest BCUT2D eigenvalue weighted by Crippen LogP contribution is -2.42. The summed E-state index contributed by atoms with van der Waals surface area (Å²) in [6.07, 6.45) is 0. The number of carbonyl (C=O) groups is 1. The molecule has 0 aliphatic rings. The Balaban J connectivity index is 1.74. The fraction of sp³-hybridized carbons (Fsp3) is 0.167. The second kappa shape index (κ2) is 12.4. The van der Waals surface area contributed by atoms with Crippen molar-refractivity contribution >= 4 is 27.3 Å². The van der Waals surface area contributed by atoms with E-state index >= 15 is 0 Å².